The predicted octanol–water partition coefficient (Wildman–Crippen LogP) is 7.05. The minimum Gasteiger partial charge on any atom is -0.508 e. The Hall–Kier alpha value is -4.76. The molecular formula is C43H48N4O4. The first kappa shape index (κ1) is 34.7. The Bertz CT molecular complexity index is 1860. The molecule has 2 saturated heterocycles. The van der Waals surface area contributed by atoms with Crippen molar-refractivity contribution < 1.29 is 19.8 Å². The third kappa shape index (κ3) is 7.78. The lowest BCUT2D eigenvalue weighted by atomic mass is 9.85. The van der Waals surface area contributed by atoms with Gasteiger partial charge in [0.1, 0.15) is 12.0 Å². The van der Waals surface area contributed by atoms with Crippen LogP contribution in [0.4, 0.5) is 5.69 Å². The van der Waals surface area contributed by atoms with Crippen LogP contribution in [-0.2, 0) is 16.1 Å². The summed E-state index contributed by atoms with van der Waals surface area (Å²) in [4.78, 5) is 28.3. The van der Waals surface area contributed by atoms with E-state index in [0.717, 1.165) is 74.2 Å². The number of carbonyl (C=O) groups is 2. The van der Waals surface area contributed by atoms with Gasteiger partial charge in [-0.2, -0.15) is 0 Å². The number of imide groups is 1. The Morgan fingerprint density at radius 3 is 2.25 bits per heavy atom. The molecule has 3 aliphatic rings. The van der Waals surface area contributed by atoms with Crippen molar-refractivity contribution in [3.05, 3.63) is 130 Å². The fraction of sp³-hybridized carbons (Fsp3) is 0.349. The molecule has 7 rings (SSSR count). The Balaban J connectivity index is 0.911. The van der Waals surface area contributed by atoms with E-state index in [0.29, 0.717) is 25.3 Å². The number of benzene rings is 4. The smallest absolute Gasteiger partial charge is 0.244 e. The van der Waals surface area contributed by atoms with Gasteiger partial charge in [-0.05, 0) is 121 Å². The molecule has 0 bridgehead atoms. The summed E-state index contributed by atoms with van der Waals surface area (Å²) >= 11 is 0. The number of anilines is 1. The van der Waals surface area contributed by atoms with Crippen molar-refractivity contribution >= 4 is 28.6 Å². The fourth-order valence-electron chi connectivity index (χ4n) is 8.10. The minimum atomic E-state index is -0.841. The molecule has 2 fully saturated rings. The molecule has 3 aliphatic heterocycles. The van der Waals surface area contributed by atoms with Crippen LogP contribution in [0.25, 0.3) is 11.1 Å². The fourth-order valence-corrected chi connectivity index (χ4v) is 8.10. The van der Waals surface area contributed by atoms with Crippen LogP contribution in [0.2, 0.25) is 0 Å². The van der Waals surface area contributed by atoms with E-state index in [1.54, 1.807) is 17.0 Å². The number of carbonyl (C=O) groups excluding carboxylic acids is 2. The number of allylic oxidation sites excluding steroid dienone is 1. The first-order valence-electron chi connectivity index (χ1n) is 18.4. The maximum Gasteiger partial charge on any atom is 0.244 e. The number of phenols is 1. The molecule has 51 heavy (non-hydrogen) atoms. The number of amides is 2. The van der Waals surface area contributed by atoms with Gasteiger partial charge in [-0.15, -0.1) is 0 Å². The van der Waals surface area contributed by atoms with Crippen molar-refractivity contribution in [2.75, 3.05) is 31.5 Å². The van der Waals surface area contributed by atoms with E-state index in [2.05, 4.69) is 83.1 Å². The predicted molar refractivity (Wildman–Crippen MR) is 202 cm³/mol. The molecule has 2 atom stereocenters. The minimum absolute atomic E-state index is 0.247. The topological polar surface area (TPSA) is 105 Å². The molecule has 2 amide bonds. The van der Waals surface area contributed by atoms with Crippen molar-refractivity contribution in [1.82, 2.24) is 15.1 Å². The summed E-state index contributed by atoms with van der Waals surface area (Å²) < 4.78 is 0. The highest BCUT2D eigenvalue weighted by Crippen LogP contribution is 2.38. The molecule has 0 saturated carbocycles. The van der Waals surface area contributed by atoms with Crippen molar-refractivity contribution in [3.63, 3.8) is 0 Å². The molecule has 4 aromatic carbocycles. The van der Waals surface area contributed by atoms with Crippen LogP contribution in [-0.4, -0.2) is 64.0 Å². The summed E-state index contributed by atoms with van der Waals surface area (Å²) in [5, 5.41) is 26.8. The molecule has 0 radical (unpaired) electrons. The lowest BCUT2D eigenvalue weighted by Gasteiger charge is -2.32. The van der Waals surface area contributed by atoms with Crippen LogP contribution in [0.15, 0.2) is 97.1 Å². The molecular weight excluding hydrogens is 636 g/mol. The van der Waals surface area contributed by atoms with Crippen molar-refractivity contribution in [1.29, 1.82) is 0 Å². The van der Waals surface area contributed by atoms with Crippen LogP contribution in [0.1, 0.15) is 91.0 Å². The van der Waals surface area contributed by atoms with Gasteiger partial charge in [-0.3, -0.25) is 19.8 Å². The van der Waals surface area contributed by atoms with Gasteiger partial charge in [-0.1, -0.05) is 79.7 Å². The third-order valence-electron chi connectivity index (χ3n) is 10.9. The van der Waals surface area contributed by atoms with Gasteiger partial charge >= 0.3 is 0 Å². The number of likely N-dealkylation sites (tertiary alicyclic amines) is 1. The van der Waals surface area contributed by atoms with Crippen LogP contribution in [0.3, 0.4) is 0 Å². The maximum absolute atomic E-state index is 12.4. The average molecular weight is 685 g/mol. The van der Waals surface area contributed by atoms with Gasteiger partial charge in [-0.25, -0.2) is 0 Å². The highest BCUT2D eigenvalue weighted by molar-refractivity contribution is 6.00. The highest BCUT2D eigenvalue weighted by atomic mass is 16.3. The summed E-state index contributed by atoms with van der Waals surface area (Å²) in [7, 11) is 0. The molecule has 264 valence electrons. The Labute approximate surface area is 300 Å². The molecule has 0 aliphatic carbocycles. The second kappa shape index (κ2) is 15.6. The SMILES string of the molecule is CC/C(=C(\c1ccc(O)cc1)c1ccc(C2CCN(CCCNc3ccc4c(c3)CN(C3CCC(=O)NC3=O)C4O)CC2)cc1)c1ccccc1. The number of nitrogens with one attached hydrogen (secondary N) is 2. The molecule has 0 aromatic heterocycles. The Morgan fingerprint density at radius 1 is 0.863 bits per heavy atom. The van der Waals surface area contributed by atoms with Crippen molar-refractivity contribution in [2.24, 2.45) is 0 Å². The summed E-state index contributed by atoms with van der Waals surface area (Å²) in [6, 6.07) is 32.9. The molecule has 4 N–H and O–H groups in total. The summed E-state index contributed by atoms with van der Waals surface area (Å²) in [6.07, 6.45) is 4.12. The van der Waals surface area contributed by atoms with Gasteiger partial charge in [0.2, 0.25) is 11.8 Å². The number of phenolic OH excluding ortho intramolecular Hbond substituents is 1. The molecule has 8 nitrogen and oxygen atoms in total. The number of fused-ring (bicyclic) bond motifs is 1. The summed E-state index contributed by atoms with van der Waals surface area (Å²) in [5.41, 5.74) is 10.3. The van der Waals surface area contributed by atoms with Gasteiger partial charge in [0.05, 0.1) is 6.04 Å². The van der Waals surface area contributed by atoms with Crippen LogP contribution in [0.5, 0.6) is 5.75 Å². The van der Waals surface area contributed by atoms with E-state index < -0.39 is 12.3 Å². The molecule has 4 aromatic rings. The first-order chi connectivity index (χ1) is 24.9. The molecule has 3 heterocycles. The number of hydrogen-bond donors (Lipinski definition) is 4. The van der Waals surface area contributed by atoms with E-state index in [4.69, 9.17) is 0 Å². The van der Waals surface area contributed by atoms with Gasteiger partial charge < -0.3 is 20.4 Å². The highest BCUT2D eigenvalue weighted by Gasteiger charge is 2.39. The zero-order chi connectivity index (χ0) is 35.3. The number of aliphatic hydroxyl groups excluding tert-OH is 1. The van der Waals surface area contributed by atoms with Crippen LogP contribution >= 0.6 is 0 Å². The lowest BCUT2D eigenvalue weighted by Crippen LogP contribution is -2.51. The summed E-state index contributed by atoms with van der Waals surface area (Å²) in [6.45, 7) is 6.78. The number of aliphatic hydroxyl groups is 1. The van der Waals surface area contributed by atoms with E-state index in [-0.39, 0.29) is 17.6 Å². The Kier molecular flexibility index (Phi) is 10.6. The maximum atomic E-state index is 12.4. The lowest BCUT2D eigenvalue weighted by molar-refractivity contribution is -0.141. The normalized spacial score (nSPS) is 20.5. The summed E-state index contributed by atoms with van der Waals surface area (Å²) in [5.74, 6) is 0.256. The average Bonchev–Trinajstić information content (AvgIpc) is 3.48. The second-order valence-corrected chi connectivity index (χ2v) is 14.1. The first-order valence-corrected chi connectivity index (χ1v) is 18.4. The van der Waals surface area contributed by atoms with E-state index in [1.165, 1.54) is 27.8 Å². The zero-order valence-corrected chi connectivity index (χ0v) is 29.4. The number of piperidine rings is 2. The van der Waals surface area contributed by atoms with Crippen molar-refractivity contribution in [3.8, 4) is 5.75 Å². The van der Waals surface area contributed by atoms with Gasteiger partial charge in [0.25, 0.3) is 0 Å². The molecule has 0 spiro atoms. The van der Waals surface area contributed by atoms with E-state index in [1.807, 2.05) is 24.3 Å². The Morgan fingerprint density at radius 2 is 1.57 bits per heavy atom. The standard InChI is InChI=1S/C43H48N4O4/c1-2-37(31-7-4-3-5-8-31)41(33-13-16-36(48)17-14-33)32-11-9-29(10-12-32)30-21-25-46(26-22-30)24-6-23-44-35-15-18-38-34(27-35)28-47(43(38)51)39-19-20-40(49)45-42(39)50/h3-5,7-18,27,30,39,43-44,48,51H,2,6,19-26,28H2,1H3,(H,45,49,50)/b41-37+. The van der Waals surface area contributed by atoms with Crippen molar-refractivity contribution in [2.45, 2.75) is 70.2 Å². The largest absolute Gasteiger partial charge is 0.508 e. The van der Waals surface area contributed by atoms with Gasteiger partial charge in [0, 0.05) is 30.8 Å². The molecule has 8 heteroatoms. The second-order valence-electron chi connectivity index (χ2n) is 14.1. The number of hydrogen-bond acceptors (Lipinski definition) is 7. The quantitative estimate of drug-likeness (QED) is 0.0763. The van der Waals surface area contributed by atoms with E-state index >= 15 is 0 Å². The number of rotatable bonds is 11. The monoisotopic (exact) mass is 684 g/mol. The van der Waals surface area contributed by atoms with Crippen LogP contribution in [0, 0.1) is 0 Å². The van der Waals surface area contributed by atoms with E-state index in [9.17, 15) is 19.8 Å². The number of aromatic hydroxyl groups is 1. The third-order valence-corrected chi connectivity index (χ3v) is 10.9. The molecule has 2 unspecified atom stereocenters. The van der Waals surface area contributed by atoms with Crippen LogP contribution < -0.4 is 10.6 Å². The zero-order valence-electron chi connectivity index (χ0n) is 29.4. The number of nitrogens with zero attached hydrogens (tertiary/aromatic N) is 2. The van der Waals surface area contributed by atoms with Gasteiger partial charge in [0.15, 0.2) is 0 Å².